The van der Waals surface area contributed by atoms with E-state index in [0.717, 1.165) is 6.42 Å². The molecule has 2 aromatic carbocycles. The van der Waals surface area contributed by atoms with E-state index in [9.17, 15) is 9.59 Å². The lowest BCUT2D eigenvalue weighted by Gasteiger charge is -2.11. The number of carbonyl (C=O) groups excluding carboxylic acids is 2. The first-order chi connectivity index (χ1) is 13.2. The molecule has 0 spiro atoms. The molecule has 3 rings (SSSR count). The summed E-state index contributed by atoms with van der Waals surface area (Å²) in [7, 11) is -0.407. The molecule has 0 N–H and O–H groups in total. The lowest BCUT2D eigenvalue weighted by atomic mass is 10.0. The molecule has 5 heteroatoms. The first-order valence-corrected chi connectivity index (χ1v) is 10.3. The second kappa shape index (κ2) is 9.14. The van der Waals surface area contributed by atoms with Crippen molar-refractivity contribution in [2.24, 2.45) is 5.16 Å². The molecule has 2 aromatic rings. The smallest absolute Gasteiger partial charge is 0.312 e. The highest BCUT2D eigenvalue weighted by Gasteiger charge is 2.16. The zero-order chi connectivity index (χ0) is 19.1. The molecule has 0 amide bonds. The molecule has 1 aliphatic heterocycles. The van der Waals surface area contributed by atoms with Gasteiger partial charge in [-0.15, -0.1) is 0 Å². The van der Waals surface area contributed by atoms with Gasteiger partial charge in [0.05, 0.1) is 5.56 Å². The predicted octanol–water partition coefficient (Wildman–Crippen LogP) is 5.28. The summed E-state index contributed by atoms with van der Waals surface area (Å²) in [6.07, 6.45) is 5.25. The molecule has 27 heavy (non-hydrogen) atoms. The maximum absolute atomic E-state index is 12.8. The summed E-state index contributed by atoms with van der Waals surface area (Å²) in [6, 6.07) is 16.2. The van der Waals surface area contributed by atoms with Gasteiger partial charge in [-0.1, -0.05) is 48.9 Å². The quantitative estimate of drug-likeness (QED) is 0.234. The second-order valence-electron chi connectivity index (χ2n) is 6.00. The van der Waals surface area contributed by atoms with Gasteiger partial charge in [-0.3, -0.25) is 4.79 Å². The molecule has 0 atom stereocenters. The minimum atomic E-state index is -0.574. The second-order valence-corrected chi connectivity index (χ2v) is 7.93. The Morgan fingerprint density at radius 2 is 1.59 bits per heavy atom. The third kappa shape index (κ3) is 4.83. The first kappa shape index (κ1) is 18.9. The summed E-state index contributed by atoms with van der Waals surface area (Å²) < 4.78 is 0. The maximum atomic E-state index is 12.8. The fourth-order valence-corrected chi connectivity index (χ4v) is 4.13. The van der Waals surface area contributed by atoms with Crippen LogP contribution in [-0.2, 0) is 4.84 Å². The number of nitrogens with zero attached hydrogens (tertiary/aromatic N) is 1. The van der Waals surface area contributed by atoms with Crippen LogP contribution in [0.5, 0.6) is 0 Å². The number of Topliss-reactive ketones (excluding diaryl/α,β-unsaturated/α-hetero) is 1. The standard InChI is InChI=1S/C22H21NO3S/c1-2-8-20(23-26-22(25)18-9-4-3-5-10-18)21(24)17-11-13-19(14-12-17)27-15-6-7-16-27/h3-7,9-16,27H,2,8H2,1H3. The van der Waals surface area contributed by atoms with E-state index in [1.807, 2.05) is 49.4 Å². The molecule has 0 saturated carbocycles. The Labute approximate surface area is 161 Å². The van der Waals surface area contributed by atoms with Gasteiger partial charge in [-0.05, 0) is 58.5 Å². The topological polar surface area (TPSA) is 55.7 Å². The predicted molar refractivity (Wildman–Crippen MR) is 111 cm³/mol. The fourth-order valence-electron chi connectivity index (χ4n) is 2.62. The lowest BCUT2D eigenvalue weighted by Crippen LogP contribution is -2.16. The number of ketones is 1. The zero-order valence-corrected chi connectivity index (χ0v) is 15.9. The van der Waals surface area contributed by atoms with E-state index in [4.69, 9.17) is 4.84 Å². The summed E-state index contributed by atoms with van der Waals surface area (Å²) in [6.45, 7) is 1.95. The van der Waals surface area contributed by atoms with Gasteiger partial charge >= 0.3 is 5.97 Å². The highest BCUT2D eigenvalue weighted by molar-refractivity contribution is 8.22. The average Bonchev–Trinajstić information content (AvgIpc) is 3.26. The summed E-state index contributed by atoms with van der Waals surface area (Å²) in [4.78, 5) is 31.0. The van der Waals surface area contributed by atoms with E-state index >= 15 is 0 Å². The van der Waals surface area contributed by atoms with E-state index in [1.54, 1.807) is 24.3 Å². The first-order valence-electron chi connectivity index (χ1n) is 8.80. The van der Waals surface area contributed by atoms with Crippen molar-refractivity contribution in [1.29, 1.82) is 0 Å². The lowest BCUT2D eigenvalue weighted by molar-refractivity contribution is 0.0514. The van der Waals surface area contributed by atoms with Crippen LogP contribution in [0.3, 0.4) is 0 Å². The minimum Gasteiger partial charge on any atom is -0.312 e. The van der Waals surface area contributed by atoms with Crippen LogP contribution in [0.25, 0.3) is 0 Å². The van der Waals surface area contributed by atoms with E-state index in [-0.39, 0.29) is 11.5 Å². The van der Waals surface area contributed by atoms with Gasteiger partial charge in [-0.25, -0.2) is 4.79 Å². The number of hydrogen-bond donors (Lipinski definition) is 1. The summed E-state index contributed by atoms with van der Waals surface area (Å²) in [5.41, 5.74) is 1.19. The monoisotopic (exact) mass is 379 g/mol. The number of hydrogen-bond acceptors (Lipinski definition) is 4. The van der Waals surface area contributed by atoms with Crippen molar-refractivity contribution in [3.8, 4) is 0 Å². The Balaban J connectivity index is 1.73. The van der Waals surface area contributed by atoms with Gasteiger partial charge in [0, 0.05) is 5.56 Å². The molecule has 0 radical (unpaired) electrons. The van der Waals surface area contributed by atoms with Crippen LogP contribution in [0.1, 0.15) is 40.5 Å². The molecule has 0 fully saturated rings. The summed E-state index contributed by atoms with van der Waals surface area (Å²) in [5.74, 6) is -0.787. The van der Waals surface area contributed by atoms with Crippen molar-refractivity contribution < 1.29 is 14.4 Å². The summed E-state index contributed by atoms with van der Waals surface area (Å²) >= 11 is 0. The Kier molecular flexibility index (Phi) is 6.39. The van der Waals surface area contributed by atoms with Gasteiger partial charge < -0.3 is 4.84 Å². The van der Waals surface area contributed by atoms with Crippen LogP contribution in [-0.4, -0.2) is 17.5 Å². The molecule has 138 valence electrons. The molecule has 1 aliphatic rings. The van der Waals surface area contributed by atoms with E-state index in [2.05, 4.69) is 16.0 Å². The Morgan fingerprint density at radius 1 is 0.926 bits per heavy atom. The van der Waals surface area contributed by atoms with Crippen molar-refractivity contribution in [2.45, 2.75) is 24.7 Å². The van der Waals surface area contributed by atoms with E-state index in [1.165, 1.54) is 4.90 Å². The van der Waals surface area contributed by atoms with Crippen LogP contribution in [0.2, 0.25) is 0 Å². The Hall–Kier alpha value is -2.92. The number of benzene rings is 2. The SMILES string of the molecule is CCCC(=NOC(=O)c1ccccc1)C(=O)c1ccc([SH]2C=CC=C2)cc1. The highest BCUT2D eigenvalue weighted by atomic mass is 32.2. The fraction of sp³-hybridized carbons (Fsp3) is 0.136. The largest absolute Gasteiger partial charge is 0.365 e. The third-order valence-electron chi connectivity index (χ3n) is 4.03. The number of allylic oxidation sites excluding steroid dienone is 2. The van der Waals surface area contributed by atoms with Crippen molar-refractivity contribution in [1.82, 2.24) is 0 Å². The molecule has 4 nitrogen and oxygen atoms in total. The zero-order valence-electron chi connectivity index (χ0n) is 15.0. The molecule has 1 heterocycles. The van der Waals surface area contributed by atoms with Gasteiger partial charge in [0.15, 0.2) is 0 Å². The average molecular weight is 379 g/mol. The molecule has 0 aliphatic carbocycles. The van der Waals surface area contributed by atoms with Gasteiger partial charge in [0.25, 0.3) is 0 Å². The molecule has 0 aromatic heterocycles. The van der Waals surface area contributed by atoms with E-state index < -0.39 is 16.9 Å². The number of carbonyl (C=O) groups is 2. The molecule has 0 bridgehead atoms. The normalized spacial score (nSPS) is 14.4. The van der Waals surface area contributed by atoms with Crippen LogP contribution in [0.15, 0.2) is 87.6 Å². The minimum absolute atomic E-state index is 0.213. The Bertz CT molecular complexity index is 887. The van der Waals surface area contributed by atoms with Crippen LogP contribution >= 0.6 is 10.9 Å². The van der Waals surface area contributed by atoms with Crippen LogP contribution in [0, 0.1) is 0 Å². The third-order valence-corrected chi connectivity index (χ3v) is 5.91. The molecular weight excluding hydrogens is 358 g/mol. The highest BCUT2D eigenvalue weighted by Crippen LogP contribution is 2.41. The van der Waals surface area contributed by atoms with Crippen molar-refractivity contribution in [3.63, 3.8) is 0 Å². The van der Waals surface area contributed by atoms with Crippen LogP contribution < -0.4 is 0 Å². The molecular formula is C22H21NO3S. The Morgan fingerprint density at radius 3 is 2.22 bits per heavy atom. The van der Waals surface area contributed by atoms with Crippen molar-refractivity contribution in [3.05, 3.63) is 88.7 Å². The van der Waals surface area contributed by atoms with Crippen molar-refractivity contribution in [2.75, 3.05) is 0 Å². The van der Waals surface area contributed by atoms with Gasteiger partial charge in [-0.2, -0.15) is 10.9 Å². The van der Waals surface area contributed by atoms with Crippen LogP contribution in [0.4, 0.5) is 0 Å². The number of thiol groups is 1. The van der Waals surface area contributed by atoms with Crippen molar-refractivity contribution >= 4 is 28.4 Å². The maximum Gasteiger partial charge on any atom is 0.365 e. The molecule has 0 saturated heterocycles. The molecule has 0 unspecified atom stereocenters. The van der Waals surface area contributed by atoms with Gasteiger partial charge in [0.2, 0.25) is 5.78 Å². The van der Waals surface area contributed by atoms with Gasteiger partial charge in [0.1, 0.15) is 5.71 Å². The van der Waals surface area contributed by atoms with E-state index in [0.29, 0.717) is 17.5 Å². The number of oxime groups is 1. The summed E-state index contributed by atoms with van der Waals surface area (Å²) in [5, 5.41) is 8.20. The number of rotatable bonds is 7.